The van der Waals surface area contributed by atoms with Crippen molar-refractivity contribution in [3.05, 3.63) is 76.8 Å². The van der Waals surface area contributed by atoms with E-state index < -0.39 is 11.5 Å². The normalized spacial score (nSPS) is 17.7. The summed E-state index contributed by atoms with van der Waals surface area (Å²) >= 11 is 6.58. The number of hydrogen-bond donors (Lipinski definition) is 3. The molecule has 2 amide bonds. The number of halogens is 1. The Morgan fingerprint density at radius 1 is 1.11 bits per heavy atom. The maximum Gasteiger partial charge on any atom is 0.407 e. The maximum atomic E-state index is 12.5. The summed E-state index contributed by atoms with van der Waals surface area (Å²) in [6.45, 7) is 1.03. The maximum absolute atomic E-state index is 12.5. The van der Waals surface area contributed by atoms with Crippen LogP contribution in [0.5, 0.6) is 0 Å². The van der Waals surface area contributed by atoms with E-state index in [2.05, 4.69) is 15.3 Å². The zero-order chi connectivity index (χ0) is 26.0. The van der Waals surface area contributed by atoms with Crippen LogP contribution < -0.4 is 11.1 Å². The van der Waals surface area contributed by atoms with E-state index >= 15 is 0 Å². The molecule has 9 nitrogen and oxygen atoms in total. The van der Waals surface area contributed by atoms with Gasteiger partial charge >= 0.3 is 6.09 Å². The molecule has 3 heterocycles. The number of carboxylic acid groups (broad SMARTS) is 1. The van der Waals surface area contributed by atoms with E-state index in [9.17, 15) is 9.59 Å². The number of amides is 2. The van der Waals surface area contributed by atoms with E-state index in [0.29, 0.717) is 49.0 Å². The van der Waals surface area contributed by atoms with Crippen LogP contribution in [0.15, 0.2) is 54.9 Å². The second kappa shape index (κ2) is 10.3. The molecule has 10 heteroatoms. The van der Waals surface area contributed by atoms with E-state index in [1.807, 2.05) is 42.5 Å². The molecule has 1 unspecified atom stereocenters. The average Bonchev–Trinajstić information content (AvgIpc) is 3.72. The molecule has 1 saturated carbocycles. The Hall–Kier alpha value is -3.72. The number of carbonyl (C=O) groups excluding carboxylic acids is 1. The molecule has 37 heavy (non-hydrogen) atoms. The largest absolute Gasteiger partial charge is 0.465 e. The first-order chi connectivity index (χ1) is 17.9. The van der Waals surface area contributed by atoms with Crippen LogP contribution in [0.25, 0.3) is 0 Å². The zero-order valence-corrected chi connectivity index (χ0v) is 21.1. The molecule has 1 aromatic carbocycles. The number of primary amides is 1. The third-order valence-electron chi connectivity index (χ3n) is 7.56. The third-order valence-corrected chi connectivity index (χ3v) is 7.85. The van der Waals surface area contributed by atoms with Gasteiger partial charge in [-0.1, -0.05) is 41.9 Å². The summed E-state index contributed by atoms with van der Waals surface area (Å²) in [4.78, 5) is 38.7. The summed E-state index contributed by atoms with van der Waals surface area (Å²) in [5, 5.41) is 12.8. The molecule has 2 aromatic heterocycles. The van der Waals surface area contributed by atoms with Crippen LogP contribution >= 0.6 is 11.6 Å². The van der Waals surface area contributed by atoms with E-state index in [-0.39, 0.29) is 17.7 Å². The van der Waals surface area contributed by atoms with Crippen molar-refractivity contribution in [2.45, 2.75) is 43.9 Å². The third kappa shape index (κ3) is 5.36. The minimum Gasteiger partial charge on any atom is -0.465 e. The van der Waals surface area contributed by atoms with Gasteiger partial charge in [-0.05, 0) is 49.8 Å². The minimum atomic E-state index is -0.872. The smallest absolute Gasteiger partial charge is 0.407 e. The highest BCUT2D eigenvalue weighted by Crippen LogP contribution is 2.57. The summed E-state index contributed by atoms with van der Waals surface area (Å²) in [5.41, 5.74) is 8.53. The van der Waals surface area contributed by atoms with Gasteiger partial charge in [0.2, 0.25) is 11.9 Å². The summed E-state index contributed by atoms with van der Waals surface area (Å²) in [7, 11) is 0. The highest BCUT2D eigenvalue weighted by atomic mass is 35.5. The van der Waals surface area contributed by atoms with Gasteiger partial charge < -0.3 is 21.1 Å². The Bertz CT molecular complexity index is 1280. The van der Waals surface area contributed by atoms with Gasteiger partial charge in [-0.15, -0.1) is 0 Å². The number of rotatable bonds is 8. The Labute approximate surface area is 220 Å². The Morgan fingerprint density at radius 3 is 2.43 bits per heavy atom. The Kier molecular flexibility index (Phi) is 6.97. The second-order valence-corrected chi connectivity index (χ2v) is 10.2. The highest BCUT2D eigenvalue weighted by Gasteiger charge is 2.55. The van der Waals surface area contributed by atoms with E-state index in [0.717, 1.165) is 29.8 Å². The molecule has 1 atom stereocenters. The lowest BCUT2D eigenvalue weighted by atomic mass is 9.81. The van der Waals surface area contributed by atoms with Crippen LogP contribution in [0.3, 0.4) is 0 Å². The first-order valence-corrected chi connectivity index (χ1v) is 12.8. The highest BCUT2D eigenvalue weighted by molar-refractivity contribution is 6.31. The molecule has 5 rings (SSSR count). The molecule has 3 aromatic rings. The lowest BCUT2D eigenvalue weighted by Crippen LogP contribution is -2.36. The number of pyridine rings is 1. The minimum absolute atomic E-state index is 0.227. The van der Waals surface area contributed by atoms with E-state index in [1.54, 1.807) is 12.4 Å². The summed E-state index contributed by atoms with van der Waals surface area (Å²) < 4.78 is 0. The first-order valence-electron chi connectivity index (χ1n) is 12.4. The van der Waals surface area contributed by atoms with Crippen molar-refractivity contribution in [3.8, 4) is 0 Å². The fourth-order valence-electron chi connectivity index (χ4n) is 5.21. The van der Waals surface area contributed by atoms with Crippen molar-refractivity contribution in [2.24, 2.45) is 11.1 Å². The number of anilines is 2. The van der Waals surface area contributed by atoms with Crippen LogP contribution in [0.4, 0.5) is 16.4 Å². The predicted octanol–water partition coefficient (Wildman–Crippen LogP) is 4.72. The van der Waals surface area contributed by atoms with Crippen LogP contribution in [0, 0.1) is 5.41 Å². The molecule has 1 saturated heterocycles. The number of nitrogens with one attached hydrogen (secondary N) is 1. The topological polar surface area (TPSA) is 134 Å². The van der Waals surface area contributed by atoms with Crippen LogP contribution in [-0.4, -0.2) is 50.0 Å². The van der Waals surface area contributed by atoms with Gasteiger partial charge in [0.25, 0.3) is 0 Å². The fraction of sp³-hybridized carbons (Fsp3) is 0.370. The Morgan fingerprint density at radius 2 is 1.84 bits per heavy atom. The van der Waals surface area contributed by atoms with Crippen LogP contribution in [-0.2, 0) is 11.2 Å². The quantitative estimate of drug-likeness (QED) is 0.391. The van der Waals surface area contributed by atoms with Gasteiger partial charge in [-0.2, -0.15) is 0 Å². The van der Waals surface area contributed by atoms with Crippen LogP contribution in [0.2, 0.25) is 5.02 Å². The standard InChI is InChI=1S/C27H29ClN6O3/c28-21-16-31-25(32-19-6-7-22(30-15-19)18-8-12-34(13-9-18)26(36)37)33-23(21)20(27(10-11-27)24(29)35)14-17-4-2-1-3-5-17/h1-7,15-16,18,20H,8-14H2,(H2,29,35)(H,36,37)(H,31,32,33). The molecule has 2 fully saturated rings. The number of piperidine rings is 1. The average molecular weight is 521 g/mol. The number of nitrogens with zero attached hydrogens (tertiary/aromatic N) is 4. The van der Waals surface area contributed by atoms with Crippen molar-refractivity contribution >= 4 is 35.2 Å². The summed E-state index contributed by atoms with van der Waals surface area (Å²) in [5.74, 6) is -0.000393. The van der Waals surface area contributed by atoms with E-state index in [4.69, 9.17) is 27.4 Å². The molecule has 1 aliphatic carbocycles. The number of nitrogens with two attached hydrogens (primary N) is 1. The number of likely N-dealkylation sites (tertiary alicyclic amines) is 1. The molecule has 0 radical (unpaired) electrons. The predicted molar refractivity (Wildman–Crippen MR) is 140 cm³/mol. The van der Waals surface area contributed by atoms with E-state index in [1.165, 1.54) is 4.90 Å². The van der Waals surface area contributed by atoms with Crippen molar-refractivity contribution in [1.29, 1.82) is 0 Å². The van der Waals surface area contributed by atoms with Crippen molar-refractivity contribution in [1.82, 2.24) is 19.9 Å². The van der Waals surface area contributed by atoms with Crippen LogP contribution in [0.1, 0.15) is 54.5 Å². The molecular weight excluding hydrogens is 492 g/mol. The van der Waals surface area contributed by atoms with Gasteiger partial charge in [0.15, 0.2) is 0 Å². The Balaban J connectivity index is 1.34. The van der Waals surface area contributed by atoms with Crippen molar-refractivity contribution in [2.75, 3.05) is 18.4 Å². The van der Waals surface area contributed by atoms with Gasteiger partial charge in [0, 0.05) is 30.6 Å². The number of aromatic nitrogens is 3. The molecule has 4 N–H and O–H groups in total. The lowest BCUT2D eigenvalue weighted by molar-refractivity contribution is -0.123. The lowest BCUT2D eigenvalue weighted by Gasteiger charge is -2.29. The second-order valence-electron chi connectivity index (χ2n) is 9.83. The number of benzene rings is 1. The number of carbonyl (C=O) groups is 2. The van der Waals surface area contributed by atoms with Gasteiger partial charge in [-0.3, -0.25) is 9.78 Å². The molecule has 192 valence electrons. The van der Waals surface area contributed by atoms with Gasteiger partial charge in [0.1, 0.15) is 0 Å². The molecule has 0 spiro atoms. The van der Waals surface area contributed by atoms with Gasteiger partial charge in [-0.25, -0.2) is 14.8 Å². The summed E-state index contributed by atoms with van der Waals surface area (Å²) in [6, 6.07) is 13.8. The molecule has 0 bridgehead atoms. The fourth-order valence-corrected chi connectivity index (χ4v) is 5.43. The van der Waals surface area contributed by atoms with Crippen molar-refractivity contribution in [3.63, 3.8) is 0 Å². The van der Waals surface area contributed by atoms with Crippen molar-refractivity contribution < 1.29 is 14.7 Å². The molecule has 1 aliphatic heterocycles. The number of hydrogen-bond acceptors (Lipinski definition) is 6. The zero-order valence-electron chi connectivity index (χ0n) is 20.3. The molecule has 2 aliphatic rings. The molecular formula is C27H29ClN6O3. The first kappa shape index (κ1) is 25.0. The SMILES string of the molecule is NC(=O)C1(C(Cc2ccccc2)c2nc(Nc3ccc(C4CCN(C(=O)O)CC4)nc3)ncc2Cl)CC1. The summed E-state index contributed by atoms with van der Waals surface area (Å²) in [6.07, 6.45) is 5.92. The monoisotopic (exact) mass is 520 g/mol. The van der Waals surface area contributed by atoms with Gasteiger partial charge in [0.05, 0.1) is 34.2 Å².